The number of sulfonamides is 1. The fourth-order valence-electron chi connectivity index (χ4n) is 1.42. The molecule has 0 amide bonds. The third-order valence-electron chi connectivity index (χ3n) is 2.46. The van der Waals surface area contributed by atoms with Gasteiger partial charge in [0.1, 0.15) is 0 Å². The molecule has 18 heavy (non-hydrogen) atoms. The van der Waals surface area contributed by atoms with E-state index in [1.807, 2.05) is 26.8 Å². The van der Waals surface area contributed by atoms with Crippen LogP contribution in [0.25, 0.3) is 0 Å². The lowest BCUT2D eigenvalue weighted by Crippen LogP contribution is -2.31. The molecule has 4 nitrogen and oxygen atoms in total. The third kappa shape index (κ3) is 4.96. The number of nitrogens with one attached hydrogen (secondary N) is 2. The van der Waals surface area contributed by atoms with Crippen LogP contribution in [0.2, 0.25) is 0 Å². The molecular formula is C12H19BrN2O2S. The second kappa shape index (κ2) is 6.54. The summed E-state index contributed by atoms with van der Waals surface area (Å²) >= 11 is 3.38. The maximum atomic E-state index is 11.9. The van der Waals surface area contributed by atoms with Crippen molar-refractivity contribution in [2.75, 3.05) is 17.0 Å². The van der Waals surface area contributed by atoms with Crippen molar-refractivity contribution in [3.8, 4) is 0 Å². The van der Waals surface area contributed by atoms with Gasteiger partial charge >= 0.3 is 0 Å². The first-order chi connectivity index (χ1) is 8.32. The van der Waals surface area contributed by atoms with E-state index in [0.29, 0.717) is 12.2 Å². The van der Waals surface area contributed by atoms with Crippen LogP contribution in [-0.2, 0) is 10.0 Å². The van der Waals surface area contributed by atoms with Gasteiger partial charge in [0.25, 0.3) is 0 Å². The molecule has 0 saturated carbocycles. The normalized spacial score (nSPS) is 11.8. The first kappa shape index (κ1) is 15.5. The maximum Gasteiger partial charge on any atom is 0.233 e. The predicted octanol–water partition coefficient (Wildman–Crippen LogP) is 2.50. The maximum absolute atomic E-state index is 11.9. The van der Waals surface area contributed by atoms with Gasteiger partial charge in [-0.1, -0.05) is 35.8 Å². The third-order valence-corrected chi connectivity index (χ3v) is 4.59. The Bertz CT molecular complexity index is 501. The zero-order valence-corrected chi connectivity index (χ0v) is 13.2. The van der Waals surface area contributed by atoms with Crippen molar-refractivity contribution in [3.05, 3.63) is 28.2 Å². The standard InChI is InChI=1S/C12H19BrN2O2S/c1-9(2)14-7-8-18(16,17)15-12-6-4-5-11(13)10(12)3/h4-6,9,14-15H,7-8H2,1-3H3. The number of hydrogen-bond donors (Lipinski definition) is 2. The lowest BCUT2D eigenvalue weighted by atomic mass is 10.2. The summed E-state index contributed by atoms with van der Waals surface area (Å²) in [4.78, 5) is 0. The SMILES string of the molecule is Cc1c(Br)cccc1NS(=O)(=O)CCNC(C)C. The molecule has 0 unspecified atom stereocenters. The number of halogens is 1. The van der Waals surface area contributed by atoms with E-state index < -0.39 is 10.0 Å². The fraction of sp³-hybridized carbons (Fsp3) is 0.500. The van der Waals surface area contributed by atoms with Crippen molar-refractivity contribution in [2.24, 2.45) is 0 Å². The van der Waals surface area contributed by atoms with Gasteiger partial charge in [0.05, 0.1) is 11.4 Å². The highest BCUT2D eigenvalue weighted by molar-refractivity contribution is 9.10. The molecule has 1 aromatic rings. The average Bonchev–Trinajstić information content (AvgIpc) is 2.23. The van der Waals surface area contributed by atoms with Crippen LogP contribution in [-0.4, -0.2) is 26.8 Å². The molecule has 0 aliphatic carbocycles. The minimum Gasteiger partial charge on any atom is -0.313 e. The quantitative estimate of drug-likeness (QED) is 0.840. The molecule has 0 bridgehead atoms. The molecule has 0 saturated heterocycles. The van der Waals surface area contributed by atoms with Gasteiger partial charge in [-0.15, -0.1) is 0 Å². The Labute approximate surface area is 117 Å². The second-order valence-corrected chi connectivity index (χ2v) is 7.14. The van der Waals surface area contributed by atoms with E-state index in [4.69, 9.17) is 0 Å². The van der Waals surface area contributed by atoms with Crippen molar-refractivity contribution in [2.45, 2.75) is 26.8 Å². The van der Waals surface area contributed by atoms with Crippen molar-refractivity contribution in [3.63, 3.8) is 0 Å². The molecule has 0 aliphatic heterocycles. The van der Waals surface area contributed by atoms with Crippen LogP contribution >= 0.6 is 15.9 Å². The molecule has 1 aromatic carbocycles. The molecule has 0 fully saturated rings. The van der Waals surface area contributed by atoms with Crippen molar-refractivity contribution >= 4 is 31.6 Å². The van der Waals surface area contributed by atoms with Gasteiger partial charge in [-0.2, -0.15) is 0 Å². The Kier molecular flexibility index (Phi) is 5.62. The minimum atomic E-state index is -3.30. The summed E-state index contributed by atoms with van der Waals surface area (Å²) in [5.74, 6) is 0.0666. The smallest absolute Gasteiger partial charge is 0.233 e. The number of anilines is 1. The van der Waals surface area contributed by atoms with E-state index in [-0.39, 0.29) is 11.8 Å². The summed E-state index contributed by atoms with van der Waals surface area (Å²) in [6.45, 7) is 6.28. The number of hydrogen-bond acceptors (Lipinski definition) is 3. The van der Waals surface area contributed by atoms with Gasteiger partial charge in [-0.25, -0.2) is 8.42 Å². The van der Waals surface area contributed by atoms with Crippen LogP contribution in [0.3, 0.4) is 0 Å². The van der Waals surface area contributed by atoms with Gasteiger partial charge in [-0.3, -0.25) is 4.72 Å². The molecule has 0 spiro atoms. The summed E-state index contributed by atoms with van der Waals surface area (Å²) in [5.41, 5.74) is 1.51. The van der Waals surface area contributed by atoms with Gasteiger partial charge in [0, 0.05) is 17.1 Å². The average molecular weight is 335 g/mol. The fourth-order valence-corrected chi connectivity index (χ4v) is 2.83. The lowest BCUT2D eigenvalue weighted by Gasteiger charge is -2.12. The zero-order valence-electron chi connectivity index (χ0n) is 10.8. The zero-order chi connectivity index (χ0) is 13.8. The summed E-state index contributed by atoms with van der Waals surface area (Å²) in [5, 5.41) is 3.08. The summed E-state index contributed by atoms with van der Waals surface area (Å²) in [6.07, 6.45) is 0. The predicted molar refractivity (Wildman–Crippen MR) is 79.4 cm³/mol. The Morgan fingerprint density at radius 3 is 2.61 bits per heavy atom. The van der Waals surface area contributed by atoms with Gasteiger partial charge in [-0.05, 0) is 24.6 Å². The monoisotopic (exact) mass is 334 g/mol. The highest BCUT2D eigenvalue weighted by Crippen LogP contribution is 2.24. The van der Waals surface area contributed by atoms with E-state index in [1.54, 1.807) is 12.1 Å². The molecule has 0 aromatic heterocycles. The van der Waals surface area contributed by atoms with Gasteiger partial charge in [0.15, 0.2) is 0 Å². The van der Waals surface area contributed by atoms with Crippen LogP contribution in [0, 0.1) is 6.92 Å². The molecule has 2 N–H and O–H groups in total. The molecular weight excluding hydrogens is 316 g/mol. The lowest BCUT2D eigenvalue weighted by molar-refractivity contribution is 0.582. The molecule has 0 radical (unpaired) electrons. The second-order valence-electron chi connectivity index (χ2n) is 4.44. The van der Waals surface area contributed by atoms with E-state index in [2.05, 4.69) is 26.0 Å². The van der Waals surface area contributed by atoms with E-state index in [0.717, 1.165) is 10.0 Å². The molecule has 0 aliphatic rings. The molecule has 1 rings (SSSR count). The summed E-state index contributed by atoms with van der Waals surface area (Å²) in [7, 11) is -3.30. The van der Waals surface area contributed by atoms with Crippen LogP contribution in [0.4, 0.5) is 5.69 Å². The number of rotatable bonds is 6. The van der Waals surface area contributed by atoms with E-state index in [9.17, 15) is 8.42 Å². The van der Waals surface area contributed by atoms with Gasteiger partial charge < -0.3 is 5.32 Å². The summed E-state index contributed by atoms with van der Waals surface area (Å²) < 4.78 is 27.3. The largest absolute Gasteiger partial charge is 0.313 e. The van der Waals surface area contributed by atoms with E-state index >= 15 is 0 Å². The van der Waals surface area contributed by atoms with Crippen LogP contribution in [0.5, 0.6) is 0 Å². The summed E-state index contributed by atoms with van der Waals surface area (Å²) in [6, 6.07) is 5.73. The molecule has 0 atom stereocenters. The highest BCUT2D eigenvalue weighted by Gasteiger charge is 2.12. The van der Waals surface area contributed by atoms with Crippen molar-refractivity contribution < 1.29 is 8.42 Å². The minimum absolute atomic E-state index is 0.0666. The Balaban J connectivity index is 2.68. The first-order valence-electron chi connectivity index (χ1n) is 5.81. The van der Waals surface area contributed by atoms with Crippen molar-refractivity contribution in [1.82, 2.24) is 5.32 Å². The Morgan fingerprint density at radius 2 is 2.00 bits per heavy atom. The molecule has 6 heteroatoms. The first-order valence-corrected chi connectivity index (χ1v) is 8.25. The highest BCUT2D eigenvalue weighted by atomic mass is 79.9. The molecule has 0 heterocycles. The van der Waals surface area contributed by atoms with Crippen molar-refractivity contribution in [1.29, 1.82) is 0 Å². The Morgan fingerprint density at radius 1 is 1.33 bits per heavy atom. The van der Waals surface area contributed by atoms with Crippen LogP contribution in [0.15, 0.2) is 22.7 Å². The number of benzene rings is 1. The van der Waals surface area contributed by atoms with Gasteiger partial charge in [0.2, 0.25) is 10.0 Å². The van der Waals surface area contributed by atoms with E-state index in [1.165, 1.54) is 0 Å². The van der Waals surface area contributed by atoms with Crippen LogP contribution in [0.1, 0.15) is 19.4 Å². The topological polar surface area (TPSA) is 58.2 Å². The molecule has 102 valence electrons. The van der Waals surface area contributed by atoms with Crippen LogP contribution < -0.4 is 10.0 Å². The Hall–Kier alpha value is -0.590.